The number of rotatable bonds is 2. The van der Waals surface area contributed by atoms with Crippen molar-refractivity contribution in [3.8, 4) is 0 Å². The Morgan fingerprint density at radius 2 is 1.11 bits per heavy atom. The van der Waals surface area contributed by atoms with Gasteiger partial charge in [0.15, 0.2) is 0 Å². The van der Waals surface area contributed by atoms with Gasteiger partial charge in [0, 0.05) is 13.2 Å². The van der Waals surface area contributed by atoms with Crippen LogP contribution in [0.3, 0.4) is 0 Å². The molecule has 1 rings (SSSR count). The van der Waals surface area contributed by atoms with Gasteiger partial charge in [-0.25, -0.2) is 0 Å². The van der Waals surface area contributed by atoms with Crippen LogP contribution in [0.15, 0.2) is 0 Å². The predicted molar refractivity (Wildman–Crippen MR) is 92.1 cm³/mol. The maximum Gasteiger partial charge on any atom is 0.0726 e. The van der Waals surface area contributed by atoms with Crippen LogP contribution in [-0.4, -0.2) is 38.3 Å². The zero-order valence-corrected chi connectivity index (χ0v) is 15.8. The molecular formula is C17H43NO. The van der Waals surface area contributed by atoms with Crippen LogP contribution in [0, 0.1) is 0 Å². The van der Waals surface area contributed by atoms with Gasteiger partial charge in [0.25, 0.3) is 0 Å². The highest BCUT2D eigenvalue weighted by Gasteiger charge is 2.25. The highest BCUT2D eigenvalue weighted by atomic mass is 16.5. The number of nitrogens with zero attached hydrogens (tertiary/aromatic N) is 1. The first-order chi connectivity index (χ1) is 9.25. The Balaban J connectivity index is -0.000000121. The molecule has 1 fully saturated rings. The average molecular weight is 278 g/mol. The first-order valence-electron chi connectivity index (χ1n) is 8.45. The molecule has 2 heteroatoms. The Labute approximate surface area is 124 Å². The van der Waals surface area contributed by atoms with E-state index in [0.717, 1.165) is 0 Å². The van der Waals surface area contributed by atoms with Gasteiger partial charge in [0.05, 0.1) is 6.10 Å². The monoisotopic (exact) mass is 277 g/mol. The number of hydrogen-bond donors (Lipinski definition) is 0. The van der Waals surface area contributed by atoms with E-state index in [-0.39, 0.29) is 0 Å². The van der Waals surface area contributed by atoms with Crippen LogP contribution in [0.25, 0.3) is 0 Å². The minimum Gasteiger partial charge on any atom is -0.380 e. The standard InChI is InChI=1S/C9H19NO.4C2H6/c1-10(2)8-6-4-5-7-9(8)11-3;4*1-2/h8-9H,4-7H2,1-3H3;4*1-2H3/t8-,9+;;;;/m1..../s1. The molecule has 19 heavy (non-hydrogen) atoms. The summed E-state index contributed by atoms with van der Waals surface area (Å²) in [6, 6.07) is 0.647. The number of likely N-dealkylation sites (N-methyl/N-ethyl adjacent to an activating group) is 1. The molecule has 2 nitrogen and oxygen atoms in total. The van der Waals surface area contributed by atoms with Crippen molar-refractivity contribution in [2.75, 3.05) is 21.2 Å². The molecule has 0 aromatic carbocycles. The van der Waals surface area contributed by atoms with Crippen LogP contribution < -0.4 is 0 Å². The lowest BCUT2D eigenvalue weighted by molar-refractivity contribution is 0.00633. The summed E-state index contributed by atoms with van der Waals surface area (Å²) in [5.74, 6) is 0. The third-order valence-electron chi connectivity index (χ3n) is 2.63. The molecular weight excluding hydrogens is 234 g/mol. The van der Waals surface area contributed by atoms with Gasteiger partial charge >= 0.3 is 0 Å². The lowest BCUT2D eigenvalue weighted by Crippen LogP contribution is -2.42. The van der Waals surface area contributed by atoms with Gasteiger partial charge in [-0.05, 0) is 26.9 Å². The molecule has 0 N–H and O–H groups in total. The molecule has 0 aliphatic heterocycles. The molecule has 0 saturated heterocycles. The second-order valence-electron chi connectivity index (χ2n) is 3.59. The van der Waals surface area contributed by atoms with E-state index in [4.69, 9.17) is 4.74 Å². The van der Waals surface area contributed by atoms with Crippen molar-refractivity contribution in [2.24, 2.45) is 0 Å². The lowest BCUT2D eigenvalue weighted by atomic mass is 9.92. The molecule has 0 unspecified atom stereocenters. The van der Waals surface area contributed by atoms with Crippen molar-refractivity contribution in [3.63, 3.8) is 0 Å². The molecule has 0 aromatic heterocycles. The summed E-state index contributed by atoms with van der Waals surface area (Å²) in [5.41, 5.74) is 0. The van der Waals surface area contributed by atoms with E-state index < -0.39 is 0 Å². The van der Waals surface area contributed by atoms with Crippen LogP contribution in [0.4, 0.5) is 0 Å². The fourth-order valence-electron chi connectivity index (χ4n) is 1.94. The molecule has 0 aromatic rings. The van der Waals surface area contributed by atoms with Crippen molar-refractivity contribution < 1.29 is 4.74 Å². The van der Waals surface area contributed by atoms with E-state index in [1.807, 2.05) is 62.5 Å². The largest absolute Gasteiger partial charge is 0.380 e. The SMILES string of the molecule is CC.CC.CC.CC.CO[C@H]1CCCC[C@H]1N(C)C. The normalized spacial score (nSPS) is 20.2. The molecule has 122 valence electrons. The van der Waals surface area contributed by atoms with Crippen molar-refractivity contribution >= 4 is 0 Å². The summed E-state index contributed by atoms with van der Waals surface area (Å²) in [5, 5.41) is 0. The van der Waals surface area contributed by atoms with Crippen molar-refractivity contribution in [1.29, 1.82) is 0 Å². The molecule has 2 atom stereocenters. The van der Waals surface area contributed by atoms with Crippen LogP contribution >= 0.6 is 0 Å². The highest BCUT2D eigenvalue weighted by Crippen LogP contribution is 2.23. The van der Waals surface area contributed by atoms with Gasteiger partial charge < -0.3 is 9.64 Å². The van der Waals surface area contributed by atoms with E-state index in [2.05, 4.69) is 19.0 Å². The fourth-order valence-corrected chi connectivity index (χ4v) is 1.94. The van der Waals surface area contributed by atoms with Crippen LogP contribution in [0.1, 0.15) is 81.1 Å². The van der Waals surface area contributed by atoms with Gasteiger partial charge in [0.2, 0.25) is 0 Å². The minimum absolute atomic E-state index is 0.471. The first kappa shape index (κ1) is 27.3. The van der Waals surface area contributed by atoms with Crippen LogP contribution in [0.2, 0.25) is 0 Å². The summed E-state index contributed by atoms with van der Waals surface area (Å²) < 4.78 is 5.42. The molecule has 0 bridgehead atoms. The van der Waals surface area contributed by atoms with Crippen molar-refractivity contribution in [2.45, 2.75) is 93.2 Å². The summed E-state index contributed by atoms with van der Waals surface area (Å²) >= 11 is 0. The average Bonchev–Trinajstić information content (AvgIpc) is 2.55. The highest BCUT2D eigenvalue weighted by molar-refractivity contribution is 4.80. The lowest BCUT2D eigenvalue weighted by Gasteiger charge is -2.34. The summed E-state index contributed by atoms with van der Waals surface area (Å²) in [6.45, 7) is 16.0. The zero-order valence-electron chi connectivity index (χ0n) is 15.8. The van der Waals surface area contributed by atoms with E-state index in [9.17, 15) is 0 Å². The number of methoxy groups -OCH3 is 1. The van der Waals surface area contributed by atoms with Gasteiger partial charge in [-0.1, -0.05) is 68.2 Å². The summed E-state index contributed by atoms with van der Waals surface area (Å²) in [4.78, 5) is 2.29. The van der Waals surface area contributed by atoms with Crippen LogP contribution in [-0.2, 0) is 4.74 Å². The third-order valence-corrected chi connectivity index (χ3v) is 2.63. The molecule has 1 aliphatic rings. The van der Waals surface area contributed by atoms with Crippen molar-refractivity contribution in [1.82, 2.24) is 4.90 Å². The van der Waals surface area contributed by atoms with E-state index in [1.165, 1.54) is 25.7 Å². The smallest absolute Gasteiger partial charge is 0.0726 e. The Hall–Kier alpha value is -0.0800. The molecule has 1 saturated carbocycles. The minimum atomic E-state index is 0.471. The van der Waals surface area contributed by atoms with Crippen molar-refractivity contribution in [3.05, 3.63) is 0 Å². The first-order valence-corrected chi connectivity index (χ1v) is 8.45. The van der Waals surface area contributed by atoms with E-state index >= 15 is 0 Å². The summed E-state index contributed by atoms with van der Waals surface area (Å²) in [6.07, 6.45) is 5.70. The maximum atomic E-state index is 5.42. The topological polar surface area (TPSA) is 12.5 Å². The molecule has 0 spiro atoms. The second-order valence-corrected chi connectivity index (χ2v) is 3.59. The molecule has 0 heterocycles. The second kappa shape index (κ2) is 26.5. The van der Waals surface area contributed by atoms with E-state index in [1.54, 1.807) is 0 Å². The molecule has 0 radical (unpaired) electrons. The number of hydrogen-bond acceptors (Lipinski definition) is 2. The van der Waals surface area contributed by atoms with E-state index in [0.29, 0.717) is 12.1 Å². The quantitative estimate of drug-likeness (QED) is 0.650. The molecule has 0 amide bonds. The van der Waals surface area contributed by atoms with Gasteiger partial charge in [-0.2, -0.15) is 0 Å². The summed E-state index contributed by atoms with van der Waals surface area (Å²) in [7, 11) is 6.11. The molecule has 1 aliphatic carbocycles. The van der Waals surface area contributed by atoms with Gasteiger partial charge in [0.1, 0.15) is 0 Å². The Morgan fingerprint density at radius 3 is 1.37 bits per heavy atom. The van der Waals surface area contributed by atoms with Crippen LogP contribution in [0.5, 0.6) is 0 Å². The Bertz CT molecular complexity index is 116. The zero-order chi connectivity index (χ0) is 16.3. The van der Waals surface area contributed by atoms with Gasteiger partial charge in [-0.15, -0.1) is 0 Å². The van der Waals surface area contributed by atoms with Gasteiger partial charge in [-0.3, -0.25) is 0 Å². The fraction of sp³-hybridized carbons (Fsp3) is 1.00. The number of ether oxygens (including phenoxy) is 1. The Morgan fingerprint density at radius 1 is 0.737 bits per heavy atom. The maximum absolute atomic E-state index is 5.42. The Kier molecular flexibility index (Phi) is 38.0. The third kappa shape index (κ3) is 15.9. The predicted octanol–water partition coefficient (Wildman–Crippen LogP) is 5.61.